The summed E-state index contributed by atoms with van der Waals surface area (Å²) in [5, 5.41) is 40.1. The molecule has 6 amide bonds. The normalized spacial score (nSPS) is 21.5. The Balaban J connectivity index is 2.45. The van der Waals surface area contributed by atoms with E-state index in [9.17, 15) is 44.4 Å². The monoisotopic (exact) mass is 642 g/mol. The van der Waals surface area contributed by atoms with Crippen LogP contribution in [0.3, 0.4) is 0 Å². The lowest BCUT2D eigenvalue weighted by Gasteiger charge is -2.15. The van der Waals surface area contributed by atoms with Gasteiger partial charge in [0.2, 0.25) is 35.4 Å². The lowest BCUT2D eigenvalue weighted by molar-refractivity contribution is -0.166. The van der Waals surface area contributed by atoms with E-state index in [0.717, 1.165) is 0 Å². The maximum Gasteiger partial charge on any atom is 0.245 e. The van der Waals surface area contributed by atoms with E-state index in [1.807, 2.05) is 0 Å². The number of nitrogens with one attached hydrogen (secondary N) is 3. The van der Waals surface area contributed by atoms with Crippen LogP contribution < -0.4 is 16.0 Å². The minimum absolute atomic E-state index is 0.0432. The van der Waals surface area contributed by atoms with Crippen molar-refractivity contribution in [3.8, 4) is 0 Å². The number of amides is 6. The van der Waals surface area contributed by atoms with Crippen LogP contribution in [0.4, 0.5) is 0 Å². The van der Waals surface area contributed by atoms with E-state index in [4.69, 9.17) is 0 Å². The zero-order chi connectivity index (χ0) is 33.3. The summed E-state index contributed by atoms with van der Waals surface area (Å²) in [7, 11) is 0. The molecule has 0 aromatic heterocycles. The molecule has 258 valence electrons. The highest BCUT2D eigenvalue weighted by atomic mass is 16.5. The van der Waals surface area contributed by atoms with Gasteiger partial charge >= 0.3 is 0 Å². The molecule has 0 saturated carbocycles. The molecule has 0 unspecified atom stereocenters. The summed E-state index contributed by atoms with van der Waals surface area (Å²) in [5.41, 5.74) is 0. The number of hydroxylamine groups is 6. The average Bonchev–Trinajstić information content (AvgIpc) is 3.01. The minimum atomic E-state index is -0.457. The molecule has 1 rings (SSSR count). The zero-order valence-corrected chi connectivity index (χ0v) is 26.6. The minimum Gasteiger partial charge on any atom is -0.356 e. The van der Waals surface area contributed by atoms with Crippen molar-refractivity contribution in [1.29, 1.82) is 0 Å². The van der Waals surface area contributed by atoms with Crippen molar-refractivity contribution in [2.24, 2.45) is 0 Å². The van der Waals surface area contributed by atoms with Crippen LogP contribution >= 0.6 is 0 Å². The van der Waals surface area contributed by atoms with Crippen molar-refractivity contribution in [3.05, 3.63) is 0 Å². The Labute approximate surface area is 265 Å². The highest BCUT2D eigenvalue weighted by Gasteiger charge is 2.14. The van der Waals surface area contributed by atoms with Crippen molar-refractivity contribution in [1.82, 2.24) is 31.1 Å². The van der Waals surface area contributed by atoms with Gasteiger partial charge in [-0.25, -0.2) is 15.2 Å². The molecule has 15 nitrogen and oxygen atoms in total. The summed E-state index contributed by atoms with van der Waals surface area (Å²) in [5.74, 6) is -1.95. The third-order valence-corrected chi connectivity index (χ3v) is 7.35. The second kappa shape index (κ2) is 25.0. The molecule has 0 atom stereocenters. The number of nitrogens with zero attached hydrogens (tertiary/aromatic N) is 3. The highest BCUT2D eigenvalue weighted by molar-refractivity contribution is 5.79. The van der Waals surface area contributed by atoms with Gasteiger partial charge in [-0.3, -0.25) is 44.4 Å². The van der Waals surface area contributed by atoms with Crippen LogP contribution in [0, 0.1) is 0 Å². The van der Waals surface area contributed by atoms with Crippen LogP contribution in [0.5, 0.6) is 0 Å². The van der Waals surface area contributed by atoms with Crippen molar-refractivity contribution in [3.63, 3.8) is 0 Å². The average molecular weight is 643 g/mol. The Morgan fingerprint density at radius 3 is 0.889 bits per heavy atom. The molecule has 45 heavy (non-hydrogen) atoms. The van der Waals surface area contributed by atoms with Gasteiger partial charge in [0.05, 0.1) is 0 Å². The summed E-state index contributed by atoms with van der Waals surface area (Å²) in [6, 6.07) is 0. The molecule has 0 bridgehead atoms. The predicted molar refractivity (Wildman–Crippen MR) is 163 cm³/mol. The van der Waals surface area contributed by atoms with Crippen LogP contribution in [-0.4, -0.2) is 106 Å². The summed E-state index contributed by atoms with van der Waals surface area (Å²) < 4.78 is 0. The van der Waals surface area contributed by atoms with Crippen molar-refractivity contribution >= 4 is 35.4 Å². The topological polar surface area (TPSA) is 209 Å². The van der Waals surface area contributed by atoms with Gasteiger partial charge in [0.15, 0.2) is 0 Å². The van der Waals surface area contributed by atoms with Gasteiger partial charge < -0.3 is 16.0 Å². The van der Waals surface area contributed by atoms with Gasteiger partial charge in [-0.2, -0.15) is 0 Å². The first kappa shape index (κ1) is 39.7. The molecule has 15 heteroatoms. The molecule has 0 aromatic rings. The fourth-order valence-electron chi connectivity index (χ4n) is 4.60. The van der Waals surface area contributed by atoms with Gasteiger partial charge in [0.1, 0.15) is 0 Å². The van der Waals surface area contributed by atoms with E-state index in [-0.39, 0.29) is 75.9 Å². The zero-order valence-electron chi connectivity index (χ0n) is 26.6. The van der Waals surface area contributed by atoms with Gasteiger partial charge in [-0.15, -0.1) is 0 Å². The quantitative estimate of drug-likeness (QED) is 0.213. The van der Waals surface area contributed by atoms with E-state index < -0.39 is 17.7 Å². The Morgan fingerprint density at radius 1 is 0.356 bits per heavy atom. The standard InChI is InChI=1S/C30H54N6O9/c37-25-13-10-17-29(41)35(44)23-8-3-6-21-33-27(39)15-12-18-30(42)36(45)24-9-2-5-20-32-26(38)14-11-16-28(40)34(43)22-7-1-4-19-31-25/h43-45H,1-24H2,(H,31,37)(H,32,38)(H,33,39). The molecule has 0 radical (unpaired) electrons. The maximum atomic E-state index is 12.1. The van der Waals surface area contributed by atoms with Gasteiger partial charge in [0, 0.05) is 77.8 Å². The molecular formula is C30H54N6O9. The first-order chi connectivity index (χ1) is 21.6. The van der Waals surface area contributed by atoms with Crippen LogP contribution in [0.25, 0.3) is 0 Å². The first-order valence-corrected chi connectivity index (χ1v) is 16.4. The predicted octanol–water partition coefficient (Wildman–Crippen LogP) is 2.02. The van der Waals surface area contributed by atoms with Crippen molar-refractivity contribution in [2.75, 3.05) is 39.3 Å². The van der Waals surface area contributed by atoms with Crippen LogP contribution in [0.2, 0.25) is 0 Å². The molecule has 1 heterocycles. The smallest absolute Gasteiger partial charge is 0.245 e. The molecular weight excluding hydrogens is 588 g/mol. The molecule has 0 aromatic carbocycles. The van der Waals surface area contributed by atoms with Gasteiger partial charge in [-0.05, 0) is 77.0 Å². The van der Waals surface area contributed by atoms with Crippen molar-refractivity contribution in [2.45, 2.75) is 116 Å². The molecule has 6 N–H and O–H groups in total. The third-order valence-electron chi connectivity index (χ3n) is 7.35. The summed E-state index contributed by atoms with van der Waals surface area (Å²) in [6.07, 6.45) is 7.21. The molecule has 1 aliphatic rings. The van der Waals surface area contributed by atoms with E-state index in [1.54, 1.807) is 0 Å². The lowest BCUT2D eigenvalue weighted by atomic mass is 10.2. The number of hydrogen-bond donors (Lipinski definition) is 6. The second-order valence-electron chi connectivity index (χ2n) is 11.3. The Kier molecular flexibility index (Phi) is 22.0. The van der Waals surface area contributed by atoms with Gasteiger partial charge in [-0.1, -0.05) is 0 Å². The summed E-state index contributed by atoms with van der Waals surface area (Å²) in [6.45, 7) is 1.79. The Hall–Kier alpha value is -3.30. The largest absolute Gasteiger partial charge is 0.356 e. The van der Waals surface area contributed by atoms with Crippen LogP contribution in [0.1, 0.15) is 116 Å². The molecule has 1 aliphatic heterocycles. The van der Waals surface area contributed by atoms with Crippen molar-refractivity contribution < 1.29 is 44.4 Å². The van der Waals surface area contributed by atoms with E-state index in [0.29, 0.717) is 112 Å². The Bertz CT molecular complexity index is 806. The van der Waals surface area contributed by atoms with Crippen LogP contribution in [0.15, 0.2) is 0 Å². The third kappa shape index (κ3) is 21.1. The molecule has 0 aliphatic carbocycles. The highest BCUT2D eigenvalue weighted by Crippen LogP contribution is 2.06. The molecule has 0 spiro atoms. The molecule has 1 fully saturated rings. The maximum absolute atomic E-state index is 12.1. The van der Waals surface area contributed by atoms with E-state index in [1.165, 1.54) is 0 Å². The number of rotatable bonds is 0. The summed E-state index contributed by atoms with van der Waals surface area (Å²) >= 11 is 0. The number of hydrogen-bond acceptors (Lipinski definition) is 9. The van der Waals surface area contributed by atoms with E-state index in [2.05, 4.69) is 16.0 Å². The lowest BCUT2D eigenvalue weighted by Crippen LogP contribution is -2.30. The van der Waals surface area contributed by atoms with Gasteiger partial charge in [0.25, 0.3) is 0 Å². The molecule has 1 saturated heterocycles. The first-order valence-electron chi connectivity index (χ1n) is 16.4. The second-order valence-corrected chi connectivity index (χ2v) is 11.3. The number of carbonyl (C=O) groups excluding carboxylic acids is 6. The fraction of sp³-hybridized carbons (Fsp3) is 0.800. The Morgan fingerprint density at radius 2 is 0.622 bits per heavy atom. The van der Waals surface area contributed by atoms with Crippen LogP contribution in [-0.2, 0) is 28.8 Å². The number of carbonyl (C=O) groups is 6. The summed E-state index contributed by atoms with van der Waals surface area (Å²) in [4.78, 5) is 72.3. The SMILES string of the molecule is O=C1CCCC(=O)N(O)CCCCCNC(=O)CCCC(=O)N(O)CCCCCNC(=O)CCCC(=O)N(O)CCCCCN1. The van der Waals surface area contributed by atoms with E-state index >= 15 is 0 Å². The fourth-order valence-corrected chi connectivity index (χ4v) is 4.60.